The van der Waals surface area contributed by atoms with E-state index in [0.29, 0.717) is 6.10 Å². The van der Waals surface area contributed by atoms with Gasteiger partial charge in [-0.25, -0.2) is 0 Å². The molecule has 3 aliphatic rings. The Hall–Kier alpha value is -0.0800. The van der Waals surface area contributed by atoms with E-state index in [1.165, 1.54) is 70.6 Å². The van der Waals surface area contributed by atoms with Crippen molar-refractivity contribution in [1.82, 2.24) is 5.32 Å². The summed E-state index contributed by atoms with van der Waals surface area (Å²) in [6.07, 6.45) is 15.4. The highest BCUT2D eigenvalue weighted by molar-refractivity contribution is 4.93. The van der Waals surface area contributed by atoms with E-state index in [2.05, 4.69) is 12.2 Å². The van der Waals surface area contributed by atoms with Gasteiger partial charge in [-0.15, -0.1) is 0 Å². The highest BCUT2D eigenvalue weighted by Gasteiger charge is 2.39. The molecule has 0 spiro atoms. The first-order valence-corrected chi connectivity index (χ1v) is 8.71. The summed E-state index contributed by atoms with van der Waals surface area (Å²) in [6, 6.07) is 0.816. The van der Waals surface area contributed by atoms with Gasteiger partial charge >= 0.3 is 0 Å². The molecule has 0 aromatic heterocycles. The fourth-order valence-corrected chi connectivity index (χ4v) is 4.05. The Balaban J connectivity index is 1.53. The van der Waals surface area contributed by atoms with Crippen LogP contribution in [0.1, 0.15) is 77.6 Å². The molecular formula is C17H31NO. The summed E-state index contributed by atoms with van der Waals surface area (Å²) < 4.78 is 6.69. The minimum Gasteiger partial charge on any atom is -0.370 e. The van der Waals surface area contributed by atoms with Crippen LogP contribution in [0.5, 0.6) is 0 Å². The second-order valence-electron chi connectivity index (χ2n) is 7.23. The first-order chi connectivity index (χ1) is 9.30. The number of ether oxygens (including phenoxy) is 1. The van der Waals surface area contributed by atoms with Gasteiger partial charge in [0.1, 0.15) is 0 Å². The minimum atomic E-state index is 0.197. The molecule has 110 valence electrons. The van der Waals surface area contributed by atoms with Crippen molar-refractivity contribution >= 4 is 0 Å². The zero-order valence-electron chi connectivity index (χ0n) is 12.6. The second kappa shape index (κ2) is 6.13. The third-order valence-electron chi connectivity index (χ3n) is 5.53. The van der Waals surface area contributed by atoms with E-state index in [0.717, 1.165) is 18.5 Å². The number of hydrogen-bond acceptors (Lipinski definition) is 2. The normalized spacial score (nSPS) is 34.6. The van der Waals surface area contributed by atoms with Crippen LogP contribution in [-0.4, -0.2) is 24.3 Å². The molecule has 19 heavy (non-hydrogen) atoms. The Bertz CT molecular complexity index is 281. The molecule has 0 aromatic rings. The molecule has 2 nitrogen and oxygen atoms in total. The molecule has 0 amide bonds. The third kappa shape index (κ3) is 3.72. The first-order valence-electron chi connectivity index (χ1n) is 8.71. The molecule has 0 aliphatic heterocycles. The van der Waals surface area contributed by atoms with Crippen LogP contribution in [-0.2, 0) is 4.74 Å². The van der Waals surface area contributed by atoms with Crippen LogP contribution in [0.2, 0.25) is 0 Å². The highest BCUT2D eigenvalue weighted by atomic mass is 16.5. The summed E-state index contributed by atoms with van der Waals surface area (Å²) >= 11 is 0. The summed E-state index contributed by atoms with van der Waals surface area (Å²) in [6.45, 7) is 3.46. The molecule has 0 bridgehead atoms. The van der Waals surface area contributed by atoms with Crippen molar-refractivity contribution in [3.05, 3.63) is 0 Å². The number of rotatable bonds is 6. The van der Waals surface area contributed by atoms with Crippen molar-refractivity contribution in [2.45, 2.75) is 95.3 Å². The predicted octanol–water partition coefficient (Wildman–Crippen LogP) is 4.04. The first kappa shape index (κ1) is 13.9. The minimum absolute atomic E-state index is 0.197. The Morgan fingerprint density at radius 1 is 1.05 bits per heavy atom. The molecule has 3 fully saturated rings. The van der Waals surface area contributed by atoms with Crippen LogP contribution < -0.4 is 5.32 Å². The van der Waals surface area contributed by atoms with Gasteiger partial charge in [0.25, 0.3) is 0 Å². The summed E-state index contributed by atoms with van der Waals surface area (Å²) in [5.74, 6) is 0.925. The van der Waals surface area contributed by atoms with E-state index in [4.69, 9.17) is 4.74 Å². The van der Waals surface area contributed by atoms with E-state index in [9.17, 15) is 0 Å². The number of hydrogen-bond donors (Lipinski definition) is 1. The molecule has 3 saturated carbocycles. The van der Waals surface area contributed by atoms with E-state index in [-0.39, 0.29) is 5.60 Å². The molecule has 2 unspecified atom stereocenters. The Labute approximate surface area is 118 Å². The van der Waals surface area contributed by atoms with E-state index in [1.54, 1.807) is 0 Å². The lowest BCUT2D eigenvalue weighted by atomic mass is 9.85. The van der Waals surface area contributed by atoms with Crippen molar-refractivity contribution in [2.24, 2.45) is 5.92 Å². The van der Waals surface area contributed by atoms with Gasteiger partial charge in [0.15, 0.2) is 0 Å². The Morgan fingerprint density at radius 2 is 1.84 bits per heavy atom. The average Bonchev–Trinajstić information content (AvgIpc) is 3.17. The van der Waals surface area contributed by atoms with Crippen LogP contribution in [0.4, 0.5) is 0 Å². The second-order valence-corrected chi connectivity index (χ2v) is 7.23. The summed E-state index contributed by atoms with van der Waals surface area (Å²) in [7, 11) is 0. The fraction of sp³-hybridized carbons (Fsp3) is 1.00. The van der Waals surface area contributed by atoms with Crippen molar-refractivity contribution < 1.29 is 4.74 Å². The van der Waals surface area contributed by atoms with Gasteiger partial charge in [0, 0.05) is 12.6 Å². The monoisotopic (exact) mass is 265 g/mol. The molecule has 0 radical (unpaired) electrons. The molecule has 0 heterocycles. The predicted molar refractivity (Wildman–Crippen MR) is 79.3 cm³/mol. The zero-order chi connectivity index (χ0) is 13.1. The van der Waals surface area contributed by atoms with Crippen LogP contribution in [0, 0.1) is 5.92 Å². The molecule has 3 rings (SSSR count). The van der Waals surface area contributed by atoms with Crippen LogP contribution >= 0.6 is 0 Å². The molecule has 1 N–H and O–H groups in total. The van der Waals surface area contributed by atoms with E-state index in [1.807, 2.05) is 0 Å². The molecule has 2 atom stereocenters. The van der Waals surface area contributed by atoms with Crippen LogP contribution in [0.25, 0.3) is 0 Å². The summed E-state index contributed by atoms with van der Waals surface area (Å²) in [5.41, 5.74) is 0.197. The van der Waals surface area contributed by atoms with Crippen LogP contribution in [0.15, 0.2) is 0 Å². The lowest BCUT2D eigenvalue weighted by Gasteiger charge is -2.38. The fourth-order valence-electron chi connectivity index (χ4n) is 4.05. The van der Waals surface area contributed by atoms with E-state index < -0.39 is 0 Å². The molecule has 0 aromatic carbocycles. The van der Waals surface area contributed by atoms with E-state index >= 15 is 0 Å². The molecule has 2 heteroatoms. The van der Waals surface area contributed by atoms with Crippen molar-refractivity contribution in [2.75, 3.05) is 6.54 Å². The van der Waals surface area contributed by atoms with Gasteiger partial charge in [-0.1, -0.05) is 39.0 Å². The van der Waals surface area contributed by atoms with Gasteiger partial charge in [-0.3, -0.25) is 0 Å². The maximum absolute atomic E-state index is 6.69. The van der Waals surface area contributed by atoms with Gasteiger partial charge in [-0.05, 0) is 44.4 Å². The topological polar surface area (TPSA) is 21.3 Å². The lowest BCUT2D eigenvalue weighted by molar-refractivity contribution is -0.107. The van der Waals surface area contributed by atoms with Crippen molar-refractivity contribution in [3.8, 4) is 0 Å². The molecule has 3 aliphatic carbocycles. The summed E-state index contributed by atoms with van der Waals surface area (Å²) in [4.78, 5) is 0. The van der Waals surface area contributed by atoms with Gasteiger partial charge in [0.2, 0.25) is 0 Å². The number of nitrogens with one attached hydrogen (secondary N) is 1. The standard InChI is InChI=1S/C17H31NO/c1-2-14-6-5-7-16(12-14)19-17(10-3-4-11-17)13-18-15-8-9-15/h14-16,18H,2-13H2,1H3. The maximum Gasteiger partial charge on any atom is 0.0810 e. The van der Waals surface area contributed by atoms with Crippen molar-refractivity contribution in [1.29, 1.82) is 0 Å². The molecular weight excluding hydrogens is 234 g/mol. The Kier molecular flexibility index (Phi) is 4.48. The maximum atomic E-state index is 6.69. The molecule has 0 saturated heterocycles. The highest BCUT2D eigenvalue weighted by Crippen LogP contribution is 2.38. The van der Waals surface area contributed by atoms with Gasteiger partial charge in [0.05, 0.1) is 11.7 Å². The smallest absolute Gasteiger partial charge is 0.0810 e. The SMILES string of the molecule is CCC1CCCC(OC2(CNC3CC3)CCCC2)C1. The Morgan fingerprint density at radius 3 is 2.53 bits per heavy atom. The van der Waals surface area contributed by atoms with Crippen molar-refractivity contribution in [3.63, 3.8) is 0 Å². The quantitative estimate of drug-likeness (QED) is 0.782. The zero-order valence-corrected chi connectivity index (χ0v) is 12.6. The van der Waals surface area contributed by atoms with Crippen LogP contribution in [0.3, 0.4) is 0 Å². The largest absolute Gasteiger partial charge is 0.370 e. The third-order valence-corrected chi connectivity index (χ3v) is 5.53. The lowest BCUT2D eigenvalue weighted by Crippen LogP contribution is -2.45. The van der Waals surface area contributed by atoms with Gasteiger partial charge in [-0.2, -0.15) is 0 Å². The average molecular weight is 265 g/mol. The summed E-state index contributed by atoms with van der Waals surface area (Å²) in [5, 5.41) is 3.73. The van der Waals surface area contributed by atoms with Gasteiger partial charge < -0.3 is 10.1 Å².